The first-order chi connectivity index (χ1) is 8.88. The van der Waals surface area contributed by atoms with Crippen LogP contribution in [0.5, 0.6) is 0 Å². The molecule has 19 heavy (non-hydrogen) atoms. The molecule has 0 aliphatic rings. The van der Waals surface area contributed by atoms with Gasteiger partial charge >= 0.3 is 6.18 Å². The summed E-state index contributed by atoms with van der Waals surface area (Å²) in [4.78, 5) is 14.3. The van der Waals surface area contributed by atoms with Crippen molar-refractivity contribution in [1.29, 1.82) is 0 Å². The summed E-state index contributed by atoms with van der Waals surface area (Å²) in [6, 6.07) is 7.22. The zero-order chi connectivity index (χ0) is 14.0. The van der Waals surface area contributed by atoms with Gasteiger partial charge in [-0.1, -0.05) is 12.1 Å². The number of aromatic carboxylic acids is 1. The molecule has 0 unspecified atom stereocenters. The van der Waals surface area contributed by atoms with E-state index in [-0.39, 0.29) is 16.8 Å². The molecule has 0 aliphatic heterocycles. The van der Waals surface area contributed by atoms with Crippen molar-refractivity contribution in [3.05, 3.63) is 53.7 Å². The third-order valence-corrected chi connectivity index (χ3v) is 2.48. The standard InChI is InChI=1S/C13H8F3NO2/c14-13(15,16)10-3-1-2-8(6-10)11-5-4-9(7-17-11)12(18)19/h1-7H,(H,18,19)/p-1. The number of carbonyl (C=O) groups is 1. The third kappa shape index (κ3) is 2.90. The van der Waals surface area contributed by atoms with E-state index in [0.717, 1.165) is 18.3 Å². The summed E-state index contributed by atoms with van der Waals surface area (Å²) >= 11 is 0. The van der Waals surface area contributed by atoms with Gasteiger partial charge in [0, 0.05) is 17.3 Å². The Morgan fingerprint density at radius 2 is 1.89 bits per heavy atom. The van der Waals surface area contributed by atoms with Crippen molar-refractivity contribution in [2.45, 2.75) is 6.18 Å². The predicted molar refractivity (Wildman–Crippen MR) is 59.0 cm³/mol. The van der Waals surface area contributed by atoms with E-state index in [0.29, 0.717) is 0 Å². The maximum Gasteiger partial charge on any atom is 0.416 e. The number of benzene rings is 1. The van der Waals surface area contributed by atoms with Gasteiger partial charge < -0.3 is 9.90 Å². The first-order valence-electron chi connectivity index (χ1n) is 5.23. The smallest absolute Gasteiger partial charge is 0.416 e. The SMILES string of the molecule is O=C([O-])c1ccc(-c2cccc(C(F)(F)F)c2)nc1. The highest BCUT2D eigenvalue weighted by atomic mass is 19.4. The minimum absolute atomic E-state index is 0.129. The average molecular weight is 266 g/mol. The van der Waals surface area contributed by atoms with E-state index in [2.05, 4.69) is 4.98 Å². The number of halogens is 3. The van der Waals surface area contributed by atoms with Gasteiger partial charge in [-0.15, -0.1) is 0 Å². The van der Waals surface area contributed by atoms with Gasteiger partial charge in [0.15, 0.2) is 0 Å². The molecule has 6 heteroatoms. The second-order valence-electron chi connectivity index (χ2n) is 3.80. The maximum absolute atomic E-state index is 12.5. The summed E-state index contributed by atoms with van der Waals surface area (Å²) in [5.41, 5.74) is -0.387. The van der Waals surface area contributed by atoms with Crippen molar-refractivity contribution >= 4 is 5.97 Å². The highest BCUT2D eigenvalue weighted by molar-refractivity contribution is 5.85. The number of nitrogens with zero attached hydrogens (tertiary/aromatic N) is 1. The number of alkyl halides is 3. The molecule has 0 amide bonds. The minimum atomic E-state index is -4.43. The topological polar surface area (TPSA) is 53.0 Å². The van der Waals surface area contributed by atoms with E-state index in [9.17, 15) is 23.1 Å². The van der Waals surface area contributed by atoms with E-state index in [4.69, 9.17) is 0 Å². The molecular weight excluding hydrogens is 259 g/mol. The molecule has 0 radical (unpaired) electrons. The summed E-state index contributed by atoms with van der Waals surface area (Å²) in [6.07, 6.45) is -3.38. The molecule has 3 nitrogen and oxygen atoms in total. The Labute approximate surface area is 106 Å². The first kappa shape index (κ1) is 13.1. The lowest BCUT2D eigenvalue weighted by Gasteiger charge is -2.09. The number of hydrogen-bond acceptors (Lipinski definition) is 3. The Bertz CT molecular complexity index is 606. The molecule has 0 spiro atoms. The number of rotatable bonds is 2. The molecule has 1 aromatic heterocycles. The van der Waals surface area contributed by atoms with Crippen LogP contribution in [0.25, 0.3) is 11.3 Å². The van der Waals surface area contributed by atoms with Crippen molar-refractivity contribution in [2.24, 2.45) is 0 Å². The molecule has 0 atom stereocenters. The fourth-order valence-corrected chi connectivity index (χ4v) is 1.54. The van der Waals surface area contributed by atoms with Crippen LogP contribution in [0.4, 0.5) is 13.2 Å². The summed E-state index contributed by atoms with van der Waals surface area (Å²) in [5.74, 6) is -1.39. The number of carbonyl (C=O) groups excluding carboxylic acids is 1. The van der Waals surface area contributed by atoms with E-state index in [1.807, 2.05) is 0 Å². The molecule has 0 saturated heterocycles. The van der Waals surface area contributed by atoms with Gasteiger partial charge in [0.1, 0.15) is 0 Å². The quantitative estimate of drug-likeness (QED) is 0.836. The Kier molecular flexibility index (Phi) is 3.25. The number of carboxylic acid groups (broad SMARTS) is 1. The molecule has 0 saturated carbocycles. The van der Waals surface area contributed by atoms with Gasteiger partial charge in [-0.2, -0.15) is 13.2 Å². The van der Waals surface area contributed by atoms with Gasteiger partial charge in [0.05, 0.1) is 17.2 Å². The highest BCUT2D eigenvalue weighted by Crippen LogP contribution is 2.31. The highest BCUT2D eigenvalue weighted by Gasteiger charge is 2.30. The zero-order valence-electron chi connectivity index (χ0n) is 9.44. The largest absolute Gasteiger partial charge is 0.545 e. The molecule has 1 heterocycles. The molecule has 0 aliphatic carbocycles. The van der Waals surface area contributed by atoms with E-state index in [1.165, 1.54) is 24.3 Å². The average Bonchev–Trinajstić information content (AvgIpc) is 2.38. The first-order valence-corrected chi connectivity index (χ1v) is 5.23. The van der Waals surface area contributed by atoms with Crippen LogP contribution in [0.3, 0.4) is 0 Å². The second-order valence-corrected chi connectivity index (χ2v) is 3.80. The number of hydrogen-bond donors (Lipinski definition) is 0. The van der Waals surface area contributed by atoms with Crippen LogP contribution in [0.2, 0.25) is 0 Å². The van der Waals surface area contributed by atoms with E-state index >= 15 is 0 Å². The molecule has 98 valence electrons. The summed E-state index contributed by atoms with van der Waals surface area (Å²) < 4.78 is 37.6. The fraction of sp³-hybridized carbons (Fsp3) is 0.0769. The lowest BCUT2D eigenvalue weighted by atomic mass is 10.1. The fourth-order valence-electron chi connectivity index (χ4n) is 1.54. The van der Waals surface area contributed by atoms with Crippen LogP contribution in [0, 0.1) is 0 Å². The normalized spacial score (nSPS) is 11.3. The minimum Gasteiger partial charge on any atom is -0.545 e. The second kappa shape index (κ2) is 4.72. The van der Waals surface area contributed by atoms with Gasteiger partial charge in [0.2, 0.25) is 0 Å². The van der Waals surface area contributed by atoms with Crippen molar-refractivity contribution < 1.29 is 23.1 Å². The monoisotopic (exact) mass is 266 g/mol. The Hall–Kier alpha value is -2.37. The molecule has 0 N–H and O–H groups in total. The van der Waals surface area contributed by atoms with Crippen LogP contribution in [-0.2, 0) is 6.18 Å². The molecule has 2 aromatic rings. The number of carboxylic acids is 1. The Morgan fingerprint density at radius 1 is 1.16 bits per heavy atom. The van der Waals surface area contributed by atoms with E-state index < -0.39 is 17.7 Å². The zero-order valence-corrected chi connectivity index (χ0v) is 9.44. The van der Waals surface area contributed by atoms with Crippen LogP contribution in [0.15, 0.2) is 42.6 Å². The predicted octanol–water partition coefficient (Wildman–Crippen LogP) is 2.13. The van der Waals surface area contributed by atoms with Crippen molar-refractivity contribution in [3.63, 3.8) is 0 Å². The Morgan fingerprint density at radius 3 is 2.42 bits per heavy atom. The summed E-state index contributed by atoms with van der Waals surface area (Å²) in [7, 11) is 0. The van der Waals surface area contributed by atoms with Crippen LogP contribution >= 0.6 is 0 Å². The molecular formula is C13H7F3NO2-. The van der Waals surface area contributed by atoms with Crippen LogP contribution in [0.1, 0.15) is 15.9 Å². The maximum atomic E-state index is 12.5. The van der Waals surface area contributed by atoms with Gasteiger partial charge in [-0.05, 0) is 24.3 Å². The molecule has 1 aromatic carbocycles. The summed E-state index contributed by atoms with van der Waals surface area (Å²) in [5, 5.41) is 10.5. The lowest BCUT2D eigenvalue weighted by Crippen LogP contribution is -2.22. The van der Waals surface area contributed by atoms with Gasteiger partial charge in [-0.25, -0.2) is 0 Å². The lowest BCUT2D eigenvalue weighted by molar-refractivity contribution is -0.255. The Balaban J connectivity index is 2.39. The number of pyridine rings is 1. The van der Waals surface area contributed by atoms with E-state index in [1.54, 1.807) is 0 Å². The van der Waals surface area contributed by atoms with Crippen molar-refractivity contribution in [3.8, 4) is 11.3 Å². The van der Waals surface area contributed by atoms with Gasteiger partial charge in [0.25, 0.3) is 0 Å². The number of aromatic nitrogens is 1. The molecule has 0 fully saturated rings. The third-order valence-electron chi connectivity index (χ3n) is 2.48. The van der Waals surface area contributed by atoms with Crippen molar-refractivity contribution in [1.82, 2.24) is 4.98 Å². The molecule has 0 bridgehead atoms. The van der Waals surface area contributed by atoms with Crippen molar-refractivity contribution in [2.75, 3.05) is 0 Å². The molecule has 2 rings (SSSR count). The van der Waals surface area contributed by atoms with Gasteiger partial charge in [-0.3, -0.25) is 4.98 Å². The van der Waals surface area contributed by atoms with Crippen LogP contribution < -0.4 is 5.11 Å². The van der Waals surface area contributed by atoms with Crippen LogP contribution in [-0.4, -0.2) is 11.0 Å². The summed E-state index contributed by atoms with van der Waals surface area (Å²) in [6.45, 7) is 0.